The number of nitrogens with one attached hydrogen (secondary N) is 1. The summed E-state index contributed by atoms with van der Waals surface area (Å²) in [6.45, 7) is 4.52. The molecule has 3 N–H and O–H groups in total. The monoisotopic (exact) mass is 330 g/mol. The number of halogens is 1. The zero-order chi connectivity index (χ0) is 15.6. The van der Waals surface area contributed by atoms with E-state index in [0.29, 0.717) is 22.4 Å². The second-order valence-electron chi connectivity index (χ2n) is 5.95. The van der Waals surface area contributed by atoms with Crippen LogP contribution in [0.5, 0.6) is 0 Å². The van der Waals surface area contributed by atoms with E-state index in [2.05, 4.69) is 18.6 Å². The van der Waals surface area contributed by atoms with Gasteiger partial charge in [0.25, 0.3) is 0 Å². The minimum absolute atomic E-state index is 0.00393. The molecule has 1 aliphatic rings. The Kier molecular flexibility index (Phi) is 5.30. The SMILES string of the molecule is CC1CCCC(NS(=O)(=O)c2ccc(Cl)c(CN)c2)C1C. The summed E-state index contributed by atoms with van der Waals surface area (Å²) in [5, 5.41) is 0.496. The molecule has 118 valence electrons. The summed E-state index contributed by atoms with van der Waals surface area (Å²) >= 11 is 5.99. The molecule has 0 amide bonds. The van der Waals surface area contributed by atoms with Crippen molar-refractivity contribution in [2.75, 3.05) is 0 Å². The Morgan fingerprint density at radius 1 is 1.33 bits per heavy atom. The quantitative estimate of drug-likeness (QED) is 0.891. The Bertz CT molecular complexity index is 604. The molecule has 0 radical (unpaired) electrons. The van der Waals surface area contributed by atoms with Gasteiger partial charge in [-0.1, -0.05) is 38.3 Å². The van der Waals surface area contributed by atoms with Gasteiger partial charge in [-0.2, -0.15) is 0 Å². The topological polar surface area (TPSA) is 72.2 Å². The van der Waals surface area contributed by atoms with E-state index in [-0.39, 0.29) is 17.5 Å². The van der Waals surface area contributed by atoms with E-state index in [1.165, 1.54) is 6.07 Å². The number of sulfonamides is 1. The summed E-state index contributed by atoms with van der Waals surface area (Å²) in [6, 6.07) is 4.67. The third kappa shape index (κ3) is 3.77. The summed E-state index contributed by atoms with van der Waals surface area (Å²) in [6.07, 6.45) is 3.12. The molecule has 1 aromatic carbocycles. The number of rotatable bonds is 4. The lowest BCUT2D eigenvalue weighted by Gasteiger charge is -2.34. The molecule has 4 nitrogen and oxygen atoms in total. The molecule has 0 bridgehead atoms. The van der Waals surface area contributed by atoms with Crippen molar-refractivity contribution in [1.29, 1.82) is 0 Å². The van der Waals surface area contributed by atoms with Gasteiger partial charge >= 0.3 is 0 Å². The predicted molar refractivity (Wildman–Crippen MR) is 85.6 cm³/mol. The maximum absolute atomic E-state index is 12.5. The molecule has 0 saturated heterocycles. The highest BCUT2D eigenvalue weighted by atomic mass is 35.5. The first-order chi connectivity index (χ1) is 9.85. The second kappa shape index (κ2) is 6.65. The minimum Gasteiger partial charge on any atom is -0.326 e. The maximum Gasteiger partial charge on any atom is 0.240 e. The molecule has 3 unspecified atom stereocenters. The maximum atomic E-state index is 12.5. The van der Waals surface area contributed by atoms with Crippen molar-refractivity contribution < 1.29 is 8.42 Å². The van der Waals surface area contributed by atoms with E-state index in [1.807, 2.05) is 0 Å². The molecule has 6 heteroatoms. The number of nitrogens with two attached hydrogens (primary N) is 1. The highest BCUT2D eigenvalue weighted by Gasteiger charge is 2.30. The van der Waals surface area contributed by atoms with Crippen molar-refractivity contribution in [3.8, 4) is 0 Å². The van der Waals surface area contributed by atoms with E-state index in [4.69, 9.17) is 17.3 Å². The van der Waals surface area contributed by atoms with E-state index >= 15 is 0 Å². The Balaban J connectivity index is 2.22. The van der Waals surface area contributed by atoms with Gasteiger partial charge in [-0.25, -0.2) is 13.1 Å². The van der Waals surface area contributed by atoms with Crippen molar-refractivity contribution in [1.82, 2.24) is 4.72 Å². The second-order valence-corrected chi connectivity index (χ2v) is 8.07. The van der Waals surface area contributed by atoms with Crippen LogP contribution in [-0.2, 0) is 16.6 Å². The molecule has 1 aromatic rings. The highest BCUT2D eigenvalue weighted by molar-refractivity contribution is 7.89. The van der Waals surface area contributed by atoms with Crippen LogP contribution in [0.4, 0.5) is 0 Å². The smallest absolute Gasteiger partial charge is 0.240 e. The minimum atomic E-state index is -3.53. The molecule has 0 aromatic heterocycles. The third-order valence-corrected chi connectivity index (χ3v) is 6.42. The number of benzene rings is 1. The van der Waals surface area contributed by atoms with Gasteiger partial charge in [-0.15, -0.1) is 0 Å². The molecule has 3 atom stereocenters. The van der Waals surface area contributed by atoms with Gasteiger partial charge < -0.3 is 5.73 Å². The molecule has 0 heterocycles. The zero-order valence-electron chi connectivity index (χ0n) is 12.5. The molecule has 0 aliphatic heterocycles. The van der Waals surface area contributed by atoms with Crippen LogP contribution in [0.3, 0.4) is 0 Å². The summed E-state index contributed by atoms with van der Waals surface area (Å²) in [4.78, 5) is 0.234. The van der Waals surface area contributed by atoms with Gasteiger partial charge in [0.05, 0.1) is 4.90 Å². The normalized spacial score (nSPS) is 26.8. The van der Waals surface area contributed by atoms with Crippen LogP contribution in [0.2, 0.25) is 5.02 Å². The van der Waals surface area contributed by atoms with Gasteiger partial charge in [-0.3, -0.25) is 0 Å². The van der Waals surface area contributed by atoms with Crippen LogP contribution in [0.1, 0.15) is 38.7 Å². The average Bonchev–Trinajstić information content (AvgIpc) is 2.44. The van der Waals surface area contributed by atoms with E-state index in [1.54, 1.807) is 12.1 Å². The van der Waals surface area contributed by atoms with Gasteiger partial charge in [0.2, 0.25) is 10.0 Å². The van der Waals surface area contributed by atoms with Crippen LogP contribution in [0, 0.1) is 11.8 Å². The van der Waals surface area contributed by atoms with Crippen molar-refractivity contribution in [2.24, 2.45) is 17.6 Å². The molecule has 1 saturated carbocycles. The van der Waals surface area contributed by atoms with Crippen LogP contribution >= 0.6 is 11.6 Å². The van der Waals surface area contributed by atoms with E-state index in [0.717, 1.165) is 19.3 Å². The predicted octanol–water partition coefficient (Wildman–Crippen LogP) is 2.90. The Morgan fingerprint density at radius 2 is 2.05 bits per heavy atom. The molecule has 2 rings (SSSR count). The van der Waals surface area contributed by atoms with Gasteiger partial charge in [0, 0.05) is 17.6 Å². The fraction of sp³-hybridized carbons (Fsp3) is 0.600. The fourth-order valence-electron chi connectivity index (χ4n) is 2.89. The van der Waals surface area contributed by atoms with Crippen molar-refractivity contribution >= 4 is 21.6 Å². The van der Waals surface area contributed by atoms with Gasteiger partial charge in [-0.05, 0) is 42.0 Å². The Hall–Kier alpha value is -0.620. The number of hydrogen-bond donors (Lipinski definition) is 2. The molecule has 21 heavy (non-hydrogen) atoms. The lowest BCUT2D eigenvalue weighted by atomic mass is 9.78. The average molecular weight is 331 g/mol. The van der Waals surface area contributed by atoms with Crippen molar-refractivity contribution in [2.45, 2.75) is 50.6 Å². The van der Waals surface area contributed by atoms with Crippen LogP contribution < -0.4 is 10.5 Å². The zero-order valence-corrected chi connectivity index (χ0v) is 14.0. The van der Waals surface area contributed by atoms with Crippen molar-refractivity contribution in [3.05, 3.63) is 28.8 Å². The van der Waals surface area contributed by atoms with E-state index in [9.17, 15) is 8.42 Å². The first-order valence-corrected chi connectivity index (χ1v) is 9.22. The third-order valence-electron chi connectivity index (χ3n) is 4.56. The summed E-state index contributed by atoms with van der Waals surface area (Å²) in [5.41, 5.74) is 6.23. The first-order valence-electron chi connectivity index (χ1n) is 7.36. The number of hydrogen-bond acceptors (Lipinski definition) is 3. The summed E-state index contributed by atoms with van der Waals surface area (Å²) < 4.78 is 27.9. The molecule has 0 spiro atoms. The Morgan fingerprint density at radius 3 is 2.71 bits per heavy atom. The van der Waals surface area contributed by atoms with Crippen molar-refractivity contribution in [3.63, 3.8) is 0 Å². The molecule has 1 fully saturated rings. The first kappa shape index (κ1) is 16.7. The van der Waals surface area contributed by atoms with Gasteiger partial charge in [0.15, 0.2) is 0 Å². The highest BCUT2D eigenvalue weighted by Crippen LogP contribution is 2.30. The molecular formula is C15H23ClN2O2S. The Labute approximate surface area is 132 Å². The van der Waals surface area contributed by atoms with Crippen LogP contribution in [-0.4, -0.2) is 14.5 Å². The standard InChI is InChI=1S/C15H23ClN2O2S/c1-10-4-3-5-15(11(10)2)18-21(19,20)13-6-7-14(16)12(8-13)9-17/h6-8,10-11,15,18H,3-5,9,17H2,1-2H3. The molecular weight excluding hydrogens is 308 g/mol. The van der Waals surface area contributed by atoms with Crippen LogP contribution in [0.15, 0.2) is 23.1 Å². The lowest BCUT2D eigenvalue weighted by Crippen LogP contribution is -2.43. The summed E-state index contributed by atoms with van der Waals surface area (Å²) in [7, 11) is -3.53. The lowest BCUT2D eigenvalue weighted by molar-refractivity contribution is 0.227. The van der Waals surface area contributed by atoms with Gasteiger partial charge in [0.1, 0.15) is 0 Å². The van der Waals surface area contributed by atoms with Crippen LogP contribution in [0.25, 0.3) is 0 Å². The molecule has 1 aliphatic carbocycles. The fourth-order valence-corrected chi connectivity index (χ4v) is 4.50. The van der Waals surface area contributed by atoms with E-state index < -0.39 is 10.0 Å². The largest absolute Gasteiger partial charge is 0.326 e. The summed E-state index contributed by atoms with van der Waals surface area (Å²) in [5.74, 6) is 0.881.